The fourth-order valence-electron chi connectivity index (χ4n) is 4.19. The third-order valence-electron chi connectivity index (χ3n) is 6.00. The molecule has 3 aromatic rings. The van der Waals surface area contributed by atoms with Crippen molar-refractivity contribution in [1.29, 1.82) is 0 Å². The van der Waals surface area contributed by atoms with Crippen LogP contribution in [0.25, 0.3) is 11.4 Å². The lowest BCUT2D eigenvalue weighted by Crippen LogP contribution is -2.47. The van der Waals surface area contributed by atoms with Gasteiger partial charge in [-0.05, 0) is 42.5 Å². The zero-order valence-electron chi connectivity index (χ0n) is 21.5. The van der Waals surface area contributed by atoms with Gasteiger partial charge in [0, 0.05) is 18.2 Å². The minimum Gasteiger partial charge on any atom is -0.384 e. The van der Waals surface area contributed by atoms with Gasteiger partial charge in [0.05, 0.1) is 17.6 Å². The number of nitrogens with zero attached hydrogens (tertiary/aromatic N) is 4. The number of hydrogen-bond acceptors (Lipinski definition) is 5. The summed E-state index contributed by atoms with van der Waals surface area (Å²) in [6.45, 7) is 6.89. The maximum Gasteiger partial charge on any atom is 0.251 e. The molecule has 7 nitrogen and oxygen atoms in total. The highest BCUT2D eigenvalue weighted by Crippen LogP contribution is 2.39. The summed E-state index contributed by atoms with van der Waals surface area (Å²) < 4.78 is 29.0. The monoisotopic (exact) mass is 533 g/mol. The van der Waals surface area contributed by atoms with E-state index in [0.29, 0.717) is 17.9 Å². The fraction of sp³-hybridized carbons (Fsp3) is 0.444. The summed E-state index contributed by atoms with van der Waals surface area (Å²) >= 11 is 6.37. The highest BCUT2D eigenvalue weighted by molar-refractivity contribution is 6.33. The second kappa shape index (κ2) is 12.1. The average Bonchev–Trinajstić information content (AvgIpc) is 3.24. The molecular weight excluding hydrogens is 500 g/mol. The van der Waals surface area contributed by atoms with Gasteiger partial charge in [0.2, 0.25) is 0 Å². The molecule has 0 aliphatic rings. The lowest BCUT2D eigenvalue weighted by Gasteiger charge is -2.40. The summed E-state index contributed by atoms with van der Waals surface area (Å²) in [6.07, 6.45) is -1.11. The van der Waals surface area contributed by atoms with Crippen molar-refractivity contribution in [2.45, 2.75) is 58.8 Å². The molecule has 1 aromatic heterocycles. The van der Waals surface area contributed by atoms with E-state index in [2.05, 4.69) is 5.10 Å². The van der Waals surface area contributed by atoms with Gasteiger partial charge in [-0.15, -0.1) is 0 Å². The largest absolute Gasteiger partial charge is 0.384 e. The Kier molecular flexibility index (Phi) is 9.39. The van der Waals surface area contributed by atoms with Crippen molar-refractivity contribution >= 4 is 17.5 Å². The van der Waals surface area contributed by atoms with E-state index in [9.17, 15) is 18.7 Å². The minimum atomic E-state index is -1.30. The van der Waals surface area contributed by atoms with E-state index in [1.54, 1.807) is 4.68 Å². The summed E-state index contributed by atoms with van der Waals surface area (Å²) in [5.41, 5.74) is 6.49. The van der Waals surface area contributed by atoms with Crippen molar-refractivity contribution in [2.75, 3.05) is 13.2 Å². The van der Waals surface area contributed by atoms with Crippen molar-refractivity contribution in [3.05, 3.63) is 70.8 Å². The second-order valence-electron chi connectivity index (χ2n) is 10.2. The van der Waals surface area contributed by atoms with Crippen LogP contribution >= 0.6 is 11.6 Å². The Morgan fingerprint density at radius 1 is 1.22 bits per heavy atom. The van der Waals surface area contributed by atoms with Crippen LogP contribution in [0.1, 0.15) is 51.5 Å². The molecule has 1 heterocycles. The summed E-state index contributed by atoms with van der Waals surface area (Å²) in [7, 11) is 0. The smallest absolute Gasteiger partial charge is 0.251 e. The van der Waals surface area contributed by atoms with E-state index < -0.39 is 42.0 Å². The number of aromatic nitrogens is 3. The first kappa shape index (κ1) is 28.7. The number of halogens is 3. The highest BCUT2D eigenvalue weighted by atomic mass is 35.5. The van der Waals surface area contributed by atoms with Crippen molar-refractivity contribution in [3.63, 3.8) is 0 Å². The number of carbonyl (C=O) groups is 1. The molecule has 1 amide bonds. The number of aliphatic hydroxyl groups excluding tert-OH is 1. The van der Waals surface area contributed by atoms with Gasteiger partial charge in [-0.3, -0.25) is 4.79 Å². The SMILES string of the molecule is C[C@H](O)C(=O)N(CC[C@H](N)CF)C(c1nc(-c2cc(F)ccc2Cl)nn1Cc1ccccc1)C(C)(C)C. The molecule has 10 heteroatoms. The molecule has 200 valence electrons. The normalized spacial score (nSPS) is 14.3. The molecule has 0 saturated heterocycles. The van der Waals surface area contributed by atoms with E-state index in [1.807, 2.05) is 51.1 Å². The van der Waals surface area contributed by atoms with Crippen LogP contribution in [-0.2, 0) is 11.3 Å². The summed E-state index contributed by atoms with van der Waals surface area (Å²) in [5, 5.41) is 15.2. The minimum absolute atomic E-state index is 0.102. The van der Waals surface area contributed by atoms with Crippen molar-refractivity contribution in [3.8, 4) is 11.4 Å². The number of carbonyl (C=O) groups excluding carboxylic acids is 1. The quantitative estimate of drug-likeness (QED) is 0.391. The summed E-state index contributed by atoms with van der Waals surface area (Å²) in [5.74, 6) is -0.395. The molecule has 0 spiro atoms. The molecule has 0 fully saturated rings. The lowest BCUT2D eigenvalue weighted by molar-refractivity contribution is -0.145. The molecule has 1 unspecified atom stereocenters. The number of amides is 1. The Bertz CT molecular complexity index is 1200. The Morgan fingerprint density at radius 2 is 1.89 bits per heavy atom. The Balaban J connectivity index is 2.21. The molecular formula is C27H34ClF2N5O2. The van der Waals surface area contributed by atoms with Gasteiger partial charge in [0.15, 0.2) is 11.6 Å². The highest BCUT2D eigenvalue weighted by Gasteiger charge is 2.40. The molecule has 0 aliphatic carbocycles. The van der Waals surface area contributed by atoms with Crippen LogP contribution in [0, 0.1) is 11.2 Å². The molecule has 0 saturated carbocycles. The van der Waals surface area contributed by atoms with Gasteiger partial charge < -0.3 is 15.7 Å². The molecule has 0 radical (unpaired) electrons. The summed E-state index contributed by atoms with van der Waals surface area (Å²) in [4.78, 5) is 19.5. The molecule has 3 rings (SSSR count). The van der Waals surface area contributed by atoms with Crippen LogP contribution in [-0.4, -0.2) is 56.0 Å². The number of aliphatic hydroxyl groups is 1. The van der Waals surface area contributed by atoms with Crippen LogP contribution in [0.4, 0.5) is 8.78 Å². The third kappa shape index (κ3) is 7.12. The Morgan fingerprint density at radius 3 is 2.49 bits per heavy atom. The molecule has 0 bridgehead atoms. The van der Waals surface area contributed by atoms with Crippen molar-refractivity contribution in [1.82, 2.24) is 19.7 Å². The van der Waals surface area contributed by atoms with Gasteiger partial charge in [0.25, 0.3) is 5.91 Å². The third-order valence-corrected chi connectivity index (χ3v) is 6.33. The predicted molar refractivity (Wildman–Crippen MR) is 140 cm³/mol. The molecule has 37 heavy (non-hydrogen) atoms. The summed E-state index contributed by atoms with van der Waals surface area (Å²) in [6, 6.07) is 12.1. The van der Waals surface area contributed by atoms with E-state index in [-0.39, 0.29) is 23.8 Å². The second-order valence-corrected chi connectivity index (χ2v) is 10.6. The van der Waals surface area contributed by atoms with Gasteiger partial charge in [0.1, 0.15) is 18.6 Å². The first-order valence-corrected chi connectivity index (χ1v) is 12.5. The Labute approximate surface area is 221 Å². The van der Waals surface area contributed by atoms with Crippen LogP contribution in [0.5, 0.6) is 0 Å². The zero-order valence-corrected chi connectivity index (χ0v) is 22.3. The van der Waals surface area contributed by atoms with Crippen LogP contribution in [0.3, 0.4) is 0 Å². The van der Waals surface area contributed by atoms with Gasteiger partial charge >= 0.3 is 0 Å². The number of nitrogens with two attached hydrogens (primary N) is 1. The number of hydrogen-bond donors (Lipinski definition) is 2. The van der Waals surface area contributed by atoms with Crippen LogP contribution < -0.4 is 5.73 Å². The standard InChI is InChI=1S/C27H34ClF2N5O2/c1-17(36)26(37)34(13-12-20(31)15-29)23(27(2,3)4)25-32-24(21-14-19(30)10-11-22(21)28)33-35(25)16-18-8-6-5-7-9-18/h5-11,14,17,20,23,36H,12-13,15-16,31H2,1-4H3/t17-,20-,23?/m0/s1. The molecule has 0 aliphatic heterocycles. The van der Waals surface area contributed by atoms with Gasteiger partial charge in [-0.25, -0.2) is 18.4 Å². The average molecular weight is 534 g/mol. The van der Waals surface area contributed by atoms with Crippen LogP contribution in [0.15, 0.2) is 48.5 Å². The van der Waals surface area contributed by atoms with E-state index in [0.717, 1.165) is 5.56 Å². The lowest BCUT2D eigenvalue weighted by atomic mass is 9.84. The predicted octanol–water partition coefficient (Wildman–Crippen LogP) is 4.77. The topological polar surface area (TPSA) is 97.3 Å². The number of alkyl halides is 1. The van der Waals surface area contributed by atoms with E-state index in [1.165, 1.54) is 30.0 Å². The molecule has 2 aromatic carbocycles. The Hall–Kier alpha value is -2.88. The van der Waals surface area contributed by atoms with Crippen molar-refractivity contribution < 1.29 is 18.7 Å². The van der Waals surface area contributed by atoms with Gasteiger partial charge in [-0.2, -0.15) is 5.10 Å². The maximum atomic E-state index is 14.1. The molecule has 3 N–H and O–H groups in total. The van der Waals surface area contributed by atoms with Crippen molar-refractivity contribution in [2.24, 2.45) is 11.1 Å². The van der Waals surface area contributed by atoms with Gasteiger partial charge in [-0.1, -0.05) is 62.7 Å². The van der Waals surface area contributed by atoms with E-state index in [4.69, 9.17) is 22.3 Å². The number of rotatable bonds is 10. The first-order valence-electron chi connectivity index (χ1n) is 12.2. The first-order chi connectivity index (χ1) is 17.4. The molecule has 3 atom stereocenters. The van der Waals surface area contributed by atoms with Crippen LogP contribution in [0.2, 0.25) is 5.02 Å². The van der Waals surface area contributed by atoms with E-state index >= 15 is 0 Å². The number of benzene rings is 2. The fourth-order valence-corrected chi connectivity index (χ4v) is 4.40. The maximum absolute atomic E-state index is 14.1. The zero-order chi connectivity index (χ0) is 27.3.